The van der Waals surface area contributed by atoms with Crippen LogP contribution in [0.15, 0.2) is 18.2 Å². The third kappa shape index (κ3) is 2.15. The molecule has 1 saturated heterocycles. The Balaban J connectivity index is 1.97. The molecule has 94 valence electrons. The monoisotopic (exact) mass is 281 g/mol. The van der Waals surface area contributed by atoms with Gasteiger partial charge in [-0.25, -0.2) is 4.98 Å². The Morgan fingerprint density at radius 2 is 2.11 bits per heavy atom. The van der Waals surface area contributed by atoms with Crippen molar-refractivity contribution in [3.63, 3.8) is 0 Å². The summed E-state index contributed by atoms with van der Waals surface area (Å²) >= 11 is 3.49. The van der Waals surface area contributed by atoms with Crippen molar-refractivity contribution < 1.29 is 4.92 Å². The Bertz CT molecular complexity index is 593. The zero-order chi connectivity index (χ0) is 12.5. The highest BCUT2D eigenvalue weighted by atomic mass is 32.2. The molecule has 5 nitrogen and oxygen atoms in total. The van der Waals surface area contributed by atoms with E-state index in [1.165, 1.54) is 17.4 Å². The lowest BCUT2D eigenvalue weighted by Crippen LogP contribution is -2.32. The van der Waals surface area contributed by atoms with Crippen LogP contribution >= 0.6 is 23.1 Å². The number of anilines is 1. The molecule has 0 N–H and O–H groups in total. The topological polar surface area (TPSA) is 59.3 Å². The fraction of sp³-hybridized carbons (Fsp3) is 0.364. The fourth-order valence-corrected chi connectivity index (χ4v) is 3.86. The van der Waals surface area contributed by atoms with Crippen molar-refractivity contribution in [3.8, 4) is 0 Å². The van der Waals surface area contributed by atoms with Gasteiger partial charge in [-0.3, -0.25) is 10.1 Å². The van der Waals surface area contributed by atoms with Gasteiger partial charge in [-0.2, -0.15) is 11.8 Å². The lowest BCUT2D eigenvalue weighted by Gasteiger charge is -2.25. The number of benzene rings is 1. The minimum absolute atomic E-state index is 0.131. The summed E-state index contributed by atoms with van der Waals surface area (Å²) in [6.07, 6.45) is 0. The molecule has 0 radical (unpaired) electrons. The zero-order valence-electron chi connectivity index (χ0n) is 9.54. The smallest absolute Gasteiger partial charge is 0.270 e. The highest BCUT2D eigenvalue weighted by Crippen LogP contribution is 2.32. The molecule has 7 heteroatoms. The molecule has 0 bridgehead atoms. The van der Waals surface area contributed by atoms with Crippen molar-refractivity contribution in [1.82, 2.24) is 4.98 Å². The summed E-state index contributed by atoms with van der Waals surface area (Å²) in [6.45, 7) is 2.01. The van der Waals surface area contributed by atoms with Crippen LogP contribution in [0, 0.1) is 10.1 Å². The highest BCUT2D eigenvalue weighted by Gasteiger charge is 2.16. The molecule has 1 aromatic carbocycles. The standard InChI is InChI=1S/C11H11N3O2S2/c15-14(16)8-1-2-9-10(7-8)18-11(12-9)13-3-5-17-6-4-13/h1-2,7H,3-6H2. The number of nitro groups is 1. The van der Waals surface area contributed by atoms with Gasteiger partial charge >= 0.3 is 0 Å². The van der Waals surface area contributed by atoms with Crippen LogP contribution in [-0.4, -0.2) is 34.5 Å². The van der Waals surface area contributed by atoms with Gasteiger partial charge in [-0.15, -0.1) is 0 Å². The van der Waals surface area contributed by atoms with E-state index in [0.29, 0.717) is 0 Å². The summed E-state index contributed by atoms with van der Waals surface area (Å²) in [4.78, 5) is 17.2. The third-order valence-electron chi connectivity index (χ3n) is 2.85. The predicted molar refractivity (Wildman–Crippen MR) is 75.8 cm³/mol. The van der Waals surface area contributed by atoms with E-state index < -0.39 is 0 Å². The van der Waals surface area contributed by atoms with Crippen molar-refractivity contribution in [2.24, 2.45) is 0 Å². The van der Waals surface area contributed by atoms with E-state index >= 15 is 0 Å². The average molecular weight is 281 g/mol. The van der Waals surface area contributed by atoms with Gasteiger partial charge in [0.2, 0.25) is 0 Å². The number of fused-ring (bicyclic) bond motifs is 1. The minimum Gasteiger partial charge on any atom is -0.346 e. The number of non-ortho nitro benzene ring substituents is 1. The average Bonchev–Trinajstić information content (AvgIpc) is 2.82. The van der Waals surface area contributed by atoms with Gasteiger partial charge in [-0.05, 0) is 6.07 Å². The molecule has 2 heterocycles. The number of hydrogen-bond acceptors (Lipinski definition) is 6. The summed E-state index contributed by atoms with van der Waals surface area (Å²) in [5.74, 6) is 2.24. The molecule has 0 amide bonds. The van der Waals surface area contributed by atoms with Gasteiger partial charge < -0.3 is 4.90 Å². The van der Waals surface area contributed by atoms with E-state index in [9.17, 15) is 10.1 Å². The van der Waals surface area contributed by atoms with E-state index in [2.05, 4.69) is 9.88 Å². The van der Waals surface area contributed by atoms with Gasteiger partial charge in [0.1, 0.15) is 0 Å². The van der Waals surface area contributed by atoms with Gasteiger partial charge in [0.15, 0.2) is 5.13 Å². The van der Waals surface area contributed by atoms with E-state index in [1.807, 2.05) is 11.8 Å². The molecule has 2 aromatic rings. The first-order valence-corrected chi connectivity index (χ1v) is 7.59. The second-order valence-electron chi connectivity index (χ2n) is 4.00. The van der Waals surface area contributed by atoms with Gasteiger partial charge in [0, 0.05) is 36.7 Å². The first-order chi connectivity index (χ1) is 8.74. The van der Waals surface area contributed by atoms with E-state index in [-0.39, 0.29) is 10.6 Å². The molecule has 1 fully saturated rings. The zero-order valence-corrected chi connectivity index (χ0v) is 11.2. The van der Waals surface area contributed by atoms with Crippen molar-refractivity contribution in [2.75, 3.05) is 29.5 Å². The molecule has 0 unspecified atom stereocenters. The van der Waals surface area contributed by atoms with Crippen molar-refractivity contribution >= 4 is 44.1 Å². The number of aromatic nitrogens is 1. The molecule has 0 aliphatic carbocycles. The number of nitro benzene ring substituents is 1. The molecule has 0 saturated carbocycles. The van der Waals surface area contributed by atoms with Crippen LogP contribution in [0.2, 0.25) is 0 Å². The van der Waals surface area contributed by atoms with E-state index in [4.69, 9.17) is 0 Å². The van der Waals surface area contributed by atoms with Gasteiger partial charge in [-0.1, -0.05) is 11.3 Å². The molecule has 3 rings (SSSR count). The number of thiazole rings is 1. The first-order valence-electron chi connectivity index (χ1n) is 5.62. The lowest BCUT2D eigenvalue weighted by molar-refractivity contribution is -0.384. The number of rotatable bonds is 2. The van der Waals surface area contributed by atoms with Crippen LogP contribution in [0.5, 0.6) is 0 Å². The Morgan fingerprint density at radius 1 is 1.33 bits per heavy atom. The van der Waals surface area contributed by atoms with Crippen LogP contribution in [0.3, 0.4) is 0 Å². The third-order valence-corrected chi connectivity index (χ3v) is 4.87. The molecule has 1 aliphatic heterocycles. The molecular weight excluding hydrogens is 270 g/mol. The van der Waals surface area contributed by atoms with Gasteiger partial charge in [0.25, 0.3) is 5.69 Å². The Labute approximate surface area is 112 Å². The normalized spacial score (nSPS) is 16.1. The van der Waals surface area contributed by atoms with E-state index in [1.54, 1.807) is 12.1 Å². The maximum Gasteiger partial charge on any atom is 0.270 e. The van der Waals surface area contributed by atoms with Gasteiger partial charge in [0.05, 0.1) is 15.1 Å². The quantitative estimate of drug-likeness (QED) is 0.625. The summed E-state index contributed by atoms with van der Waals surface area (Å²) in [5.41, 5.74) is 0.978. The second kappa shape index (κ2) is 4.74. The largest absolute Gasteiger partial charge is 0.346 e. The molecule has 0 spiro atoms. The van der Waals surface area contributed by atoms with Crippen molar-refractivity contribution in [1.29, 1.82) is 0 Å². The van der Waals surface area contributed by atoms with E-state index in [0.717, 1.165) is 39.9 Å². The fourth-order valence-electron chi connectivity index (χ4n) is 1.90. The van der Waals surface area contributed by atoms with Crippen LogP contribution in [0.25, 0.3) is 10.2 Å². The molecule has 1 aliphatic rings. The Morgan fingerprint density at radius 3 is 2.83 bits per heavy atom. The number of hydrogen-bond donors (Lipinski definition) is 0. The Hall–Kier alpha value is -1.34. The van der Waals surface area contributed by atoms with Crippen LogP contribution in [-0.2, 0) is 0 Å². The second-order valence-corrected chi connectivity index (χ2v) is 6.24. The maximum atomic E-state index is 10.7. The van der Waals surface area contributed by atoms with Crippen LogP contribution < -0.4 is 4.90 Å². The molecular formula is C11H11N3O2S2. The van der Waals surface area contributed by atoms with Crippen molar-refractivity contribution in [3.05, 3.63) is 28.3 Å². The summed E-state index contributed by atoms with van der Waals surface area (Å²) in [6, 6.07) is 4.85. The Kier molecular flexibility index (Phi) is 3.09. The minimum atomic E-state index is -0.365. The number of thioether (sulfide) groups is 1. The van der Waals surface area contributed by atoms with Crippen LogP contribution in [0.1, 0.15) is 0 Å². The first kappa shape index (κ1) is 11.7. The summed E-state index contributed by atoms with van der Waals surface area (Å²) in [7, 11) is 0. The summed E-state index contributed by atoms with van der Waals surface area (Å²) in [5, 5.41) is 11.7. The number of nitrogens with zero attached hydrogens (tertiary/aromatic N) is 3. The molecule has 18 heavy (non-hydrogen) atoms. The van der Waals surface area contributed by atoms with Crippen LogP contribution in [0.4, 0.5) is 10.8 Å². The SMILES string of the molecule is O=[N+]([O-])c1ccc2nc(N3CCSCC3)sc2c1. The molecule has 1 aromatic heterocycles. The van der Waals surface area contributed by atoms with Crippen molar-refractivity contribution in [2.45, 2.75) is 0 Å². The summed E-state index contributed by atoms with van der Waals surface area (Å²) < 4.78 is 0.887. The lowest BCUT2D eigenvalue weighted by atomic mass is 10.3. The highest BCUT2D eigenvalue weighted by molar-refractivity contribution is 7.99. The molecule has 0 atom stereocenters. The predicted octanol–water partition coefficient (Wildman–Crippen LogP) is 2.76. The maximum absolute atomic E-state index is 10.7.